The van der Waals surface area contributed by atoms with Gasteiger partial charge < -0.3 is 0 Å². The molecule has 2 aromatic rings. The second-order valence-electron chi connectivity index (χ2n) is 4.24. The average molecular weight is 262 g/mol. The topological polar surface area (TPSA) is 34.9 Å². The van der Waals surface area contributed by atoms with Gasteiger partial charge >= 0.3 is 0 Å². The average Bonchev–Trinajstić information content (AvgIpc) is 2.75. The van der Waals surface area contributed by atoms with Crippen LogP contribution in [0.1, 0.15) is 19.0 Å². The highest BCUT2D eigenvalue weighted by atomic mass is 32.2. The molecule has 0 saturated heterocycles. The molecular weight excluding hydrogens is 244 g/mol. The number of benzene rings is 1. The fourth-order valence-corrected chi connectivity index (χ4v) is 2.49. The smallest absolute Gasteiger partial charge is 0.139 e. The van der Waals surface area contributed by atoms with E-state index >= 15 is 0 Å². The van der Waals surface area contributed by atoms with Gasteiger partial charge in [-0.05, 0) is 25.0 Å². The summed E-state index contributed by atoms with van der Waals surface area (Å²) in [6, 6.07) is 8.11. The first-order valence-electron chi connectivity index (χ1n) is 6.21. The molecule has 0 N–H and O–H groups in total. The van der Waals surface area contributed by atoms with Gasteiger partial charge in [0.05, 0.1) is 17.6 Å². The van der Waals surface area contributed by atoms with Crippen molar-refractivity contribution in [2.45, 2.75) is 26.3 Å². The Bertz CT molecular complexity index is 548. The summed E-state index contributed by atoms with van der Waals surface area (Å²) in [5, 5.41) is 5.65. The number of carbonyl (C=O) groups excluding carboxylic acids is 1. The van der Waals surface area contributed by atoms with Crippen molar-refractivity contribution in [3.05, 3.63) is 30.0 Å². The van der Waals surface area contributed by atoms with Crippen molar-refractivity contribution in [2.24, 2.45) is 0 Å². The SMILES string of the molecule is CCn1nc(CC(=O)CCSC)c2ccccc21. The Morgan fingerprint density at radius 3 is 2.89 bits per heavy atom. The lowest BCUT2D eigenvalue weighted by atomic mass is 10.1. The van der Waals surface area contributed by atoms with Gasteiger partial charge in [-0.25, -0.2) is 0 Å². The molecule has 0 aliphatic carbocycles. The molecule has 0 amide bonds. The van der Waals surface area contributed by atoms with Crippen molar-refractivity contribution in [3.8, 4) is 0 Å². The Labute approximate surface area is 112 Å². The number of hydrogen-bond donors (Lipinski definition) is 0. The van der Waals surface area contributed by atoms with E-state index in [2.05, 4.69) is 18.1 Å². The van der Waals surface area contributed by atoms with E-state index in [-0.39, 0.29) is 5.78 Å². The van der Waals surface area contributed by atoms with Gasteiger partial charge in [0.2, 0.25) is 0 Å². The third-order valence-corrected chi connectivity index (χ3v) is 3.60. The predicted octanol–water partition coefficient (Wildman–Crippen LogP) is 2.92. The summed E-state index contributed by atoms with van der Waals surface area (Å²) >= 11 is 1.71. The maximum absolute atomic E-state index is 11.9. The van der Waals surface area contributed by atoms with Crippen molar-refractivity contribution in [3.63, 3.8) is 0 Å². The lowest BCUT2D eigenvalue weighted by Crippen LogP contribution is -2.05. The molecule has 0 aliphatic heterocycles. The Morgan fingerprint density at radius 2 is 2.17 bits per heavy atom. The normalized spacial score (nSPS) is 11.0. The fraction of sp³-hybridized carbons (Fsp3) is 0.429. The van der Waals surface area contributed by atoms with Crippen LogP contribution in [0.2, 0.25) is 0 Å². The van der Waals surface area contributed by atoms with E-state index < -0.39 is 0 Å². The molecule has 0 fully saturated rings. The number of nitrogens with zero attached hydrogens (tertiary/aromatic N) is 2. The number of aryl methyl sites for hydroxylation is 1. The molecule has 0 atom stereocenters. The summed E-state index contributed by atoms with van der Waals surface area (Å²) in [5.74, 6) is 1.17. The minimum absolute atomic E-state index is 0.274. The quantitative estimate of drug-likeness (QED) is 0.803. The molecule has 0 radical (unpaired) electrons. The van der Waals surface area contributed by atoms with E-state index in [1.54, 1.807) is 11.8 Å². The van der Waals surface area contributed by atoms with Crippen molar-refractivity contribution in [1.82, 2.24) is 9.78 Å². The zero-order valence-electron chi connectivity index (χ0n) is 10.8. The van der Waals surface area contributed by atoms with Crippen molar-refractivity contribution in [1.29, 1.82) is 0 Å². The van der Waals surface area contributed by atoms with Gasteiger partial charge in [-0.1, -0.05) is 18.2 Å². The molecule has 0 unspecified atom stereocenters. The van der Waals surface area contributed by atoms with Crippen LogP contribution in [0, 0.1) is 0 Å². The Hall–Kier alpha value is -1.29. The molecule has 0 spiro atoms. The summed E-state index contributed by atoms with van der Waals surface area (Å²) in [6.07, 6.45) is 3.11. The minimum atomic E-state index is 0.274. The molecule has 4 heteroatoms. The number of Topliss-reactive ketones (excluding diaryl/α,β-unsaturated/α-hetero) is 1. The number of aromatic nitrogens is 2. The standard InChI is InChI=1S/C14H18N2OS/c1-3-16-14-7-5-4-6-12(14)13(15-16)10-11(17)8-9-18-2/h4-7H,3,8-10H2,1-2H3. The van der Waals surface area contributed by atoms with Gasteiger partial charge in [-0.2, -0.15) is 16.9 Å². The summed E-state index contributed by atoms with van der Waals surface area (Å²) in [7, 11) is 0. The van der Waals surface area contributed by atoms with Crippen LogP contribution in [0.3, 0.4) is 0 Å². The van der Waals surface area contributed by atoms with Gasteiger partial charge in [0.15, 0.2) is 0 Å². The molecule has 1 aromatic carbocycles. The Morgan fingerprint density at radius 1 is 1.39 bits per heavy atom. The Kier molecular flexibility index (Phi) is 4.42. The van der Waals surface area contributed by atoms with Crippen molar-refractivity contribution < 1.29 is 4.79 Å². The van der Waals surface area contributed by atoms with Crippen LogP contribution in [0.5, 0.6) is 0 Å². The van der Waals surface area contributed by atoms with E-state index in [4.69, 9.17) is 0 Å². The predicted molar refractivity (Wildman–Crippen MR) is 77.1 cm³/mol. The molecule has 0 saturated carbocycles. The van der Waals surface area contributed by atoms with Crippen LogP contribution in [0.15, 0.2) is 24.3 Å². The molecule has 0 bridgehead atoms. The van der Waals surface area contributed by atoms with Crippen molar-refractivity contribution in [2.75, 3.05) is 12.0 Å². The second-order valence-corrected chi connectivity index (χ2v) is 5.22. The van der Waals surface area contributed by atoms with E-state index in [0.29, 0.717) is 12.8 Å². The summed E-state index contributed by atoms with van der Waals surface area (Å²) in [5.41, 5.74) is 2.03. The van der Waals surface area contributed by atoms with Crippen LogP contribution in [0.25, 0.3) is 10.9 Å². The highest BCUT2D eigenvalue weighted by Gasteiger charge is 2.12. The minimum Gasteiger partial charge on any atom is -0.299 e. The maximum atomic E-state index is 11.9. The van der Waals surface area contributed by atoms with Gasteiger partial charge in [0.1, 0.15) is 5.78 Å². The van der Waals surface area contributed by atoms with E-state index in [1.165, 1.54) is 0 Å². The second kappa shape index (κ2) is 6.05. The van der Waals surface area contributed by atoms with Crippen LogP contribution in [-0.2, 0) is 17.8 Å². The van der Waals surface area contributed by atoms with Crippen LogP contribution < -0.4 is 0 Å². The molecular formula is C14H18N2OS. The number of hydrogen-bond acceptors (Lipinski definition) is 3. The lowest BCUT2D eigenvalue weighted by Gasteiger charge is -1.97. The van der Waals surface area contributed by atoms with Gasteiger partial charge in [0, 0.05) is 18.4 Å². The third-order valence-electron chi connectivity index (χ3n) is 2.98. The first kappa shape index (κ1) is 13.1. The molecule has 3 nitrogen and oxygen atoms in total. The number of carbonyl (C=O) groups is 1. The van der Waals surface area contributed by atoms with Crippen molar-refractivity contribution >= 4 is 28.4 Å². The first-order valence-corrected chi connectivity index (χ1v) is 7.60. The highest BCUT2D eigenvalue weighted by molar-refractivity contribution is 7.98. The first-order chi connectivity index (χ1) is 8.76. The van der Waals surface area contributed by atoms with Gasteiger partial charge in [-0.3, -0.25) is 9.48 Å². The number of para-hydroxylation sites is 1. The zero-order valence-corrected chi connectivity index (χ0v) is 11.7. The largest absolute Gasteiger partial charge is 0.299 e. The van der Waals surface area contributed by atoms with Gasteiger partial charge in [0.25, 0.3) is 0 Å². The fourth-order valence-electron chi connectivity index (χ4n) is 2.06. The molecule has 1 heterocycles. The van der Waals surface area contributed by atoms with Crippen LogP contribution in [-0.4, -0.2) is 27.6 Å². The molecule has 18 heavy (non-hydrogen) atoms. The third kappa shape index (κ3) is 2.75. The molecule has 96 valence electrons. The van der Waals surface area contributed by atoms with E-state index in [9.17, 15) is 4.79 Å². The van der Waals surface area contributed by atoms with E-state index in [0.717, 1.165) is 28.9 Å². The summed E-state index contributed by atoms with van der Waals surface area (Å²) < 4.78 is 1.96. The van der Waals surface area contributed by atoms with Gasteiger partial charge in [-0.15, -0.1) is 0 Å². The number of rotatable bonds is 6. The zero-order chi connectivity index (χ0) is 13.0. The number of thioether (sulfide) groups is 1. The van der Waals surface area contributed by atoms with E-state index in [1.807, 2.05) is 29.1 Å². The number of fused-ring (bicyclic) bond motifs is 1. The number of ketones is 1. The molecule has 0 aliphatic rings. The summed E-state index contributed by atoms with van der Waals surface area (Å²) in [4.78, 5) is 11.9. The maximum Gasteiger partial charge on any atom is 0.139 e. The monoisotopic (exact) mass is 262 g/mol. The summed E-state index contributed by atoms with van der Waals surface area (Å²) in [6.45, 7) is 2.90. The Balaban J connectivity index is 2.25. The van der Waals surface area contributed by atoms with Crippen LogP contribution in [0.4, 0.5) is 0 Å². The highest BCUT2D eigenvalue weighted by Crippen LogP contribution is 2.19. The lowest BCUT2D eigenvalue weighted by molar-refractivity contribution is -0.118. The van der Waals surface area contributed by atoms with Crippen LogP contribution >= 0.6 is 11.8 Å². The molecule has 2 rings (SSSR count). The molecule has 1 aromatic heterocycles.